The van der Waals surface area contributed by atoms with Crippen molar-refractivity contribution in [3.63, 3.8) is 0 Å². The zero-order valence-corrected chi connectivity index (χ0v) is 66.5. The molecule has 1 amide bonds. The van der Waals surface area contributed by atoms with E-state index in [1.54, 1.807) is 31.4 Å². The molecule has 0 radical (unpaired) electrons. The van der Waals surface area contributed by atoms with E-state index in [0.29, 0.717) is 76.4 Å². The lowest BCUT2D eigenvalue weighted by Gasteiger charge is -2.55. The van der Waals surface area contributed by atoms with Crippen LogP contribution in [0.15, 0.2) is 103 Å². The number of carbonyl (C=O) groups is 4. The van der Waals surface area contributed by atoms with Crippen LogP contribution in [0.25, 0.3) is 33.1 Å². The molecule has 26 heteroatoms. The number of carboxylic acids is 3. The fourth-order valence-corrected chi connectivity index (χ4v) is 24.4. The molecular formula is C88H115N13O13. The molecule has 0 spiro atoms. The predicted octanol–water partition coefficient (Wildman–Crippen LogP) is 13.1. The van der Waals surface area contributed by atoms with Crippen molar-refractivity contribution in [2.24, 2.45) is 56.7 Å². The summed E-state index contributed by atoms with van der Waals surface area (Å²) < 4.78 is 5.41. The van der Waals surface area contributed by atoms with Gasteiger partial charge < -0.3 is 49.3 Å². The Kier molecular flexibility index (Phi) is 24.0. The third-order valence-corrected chi connectivity index (χ3v) is 28.4. The summed E-state index contributed by atoms with van der Waals surface area (Å²) in [6.07, 6.45) is 40.8. The topological polar surface area (TPSA) is 334 Å². The third kappa shape index (κ3) is 16.6. The van der Waals surface area contributed by atoms with E-state index in [4.69, 9.17) is 20.2 Å². The number of primary amides is 1. The Balaban J connectivity index is 0.000000129. The van der Waals surface area contributed by atoms with Crippen molar-refractivity contribution in [3.8, 4) is 0 Å². The molecule has 12 aliphatic rings. The lowest BCUT2D eigenvalue weighted by molar-refractivity contribution is -0.130. The van der Waals surface area contributed by atoms with Gasteiger partial charge in [0.1, 0.15) is 12.7 Å². The number of nitrogens with zero attached hydrogens (tertiary/aromatic N) is 12. The number of piperidine rings is 4. The van der Waals surface area contributed by atoms with E-state index >= 15 is 0 Å². The van der Waals surface area contributed by atoms with Crippen LogP contribution in [0.2, 0.25) is 0 Å². The van der Waals surface area contributed by atoms with E-state index in [-0.39, 0.29) is 53.5 Å². The second-order valence-corrected chi connectivity index (χ2v) is 35.9. The Hall–Kier alpha value is -8.75. The molecule has 18 rings (SSSR count). The van der Waals surface area contributed by atoms with Gasteiger partial charge in [0, 0.05) is 72.5 Å². The standard InChI is InChI=1S/C30H40N4O4.C29H37N5O5.C29H38N4O4/c1-18(2)38-32-28(30(36)37)27-29(35)34(26-10-6-5-9-25(26)31-27)24-16-21-11-12-22(17-24)33(21)23-14-19-7-3-4-8-20(13-19)15-23;30-25(35)16-39-32-27(29(37)38)26-28(36)34(24-10-2-1-9-23(24)31-26)22-14-19-7-4-8-20(15-22)33(19)21-12-17-5-3-6-18(11-17)13-21;1-2-37-31-27(29(35)36)26-28(34)33(25-10-6-5-9-24(25)30-26)23-16-20-11-12-21(17-23)32(20)22-14-18-7-3-4-8-19(13-18)15-22/h5-6,9-10,18-24H,3-4,7-8,11-17H2,1-2H3,(H,36,37);1-2,9-10,17-22H,3-8,11-16H2,(H2,30,35)(H,37,38);5-6,9-10,18-23H,2-4,7-8,11-17H2,1H3,(H,35,36)/b32-28-;32-27-;31-27-. The molecule has 6 aliphatic carbocycles. The summed E-state index contributed by atoms with van der Waals surface area (Å²) in [6.45, 7) is 4.87. The maximum Gasteiger partial charge on any atom is 0.360 e. The van der Waals surface area contributed by atoms with Crippen molar-refractivity contribution < 1.29 is 49.0 Å². The zero-order chi connectivity index (χ0) is 79.0. The van der Waals surface area contributed by atoms with Crippen molar-refractivity contribution in [3.05, 3.63) is 121 Å². The number of para-hydroxylation sites is 6. The van der Waals surface area contributed by atoms with Crippen molar-refractivity contribution in [1.82, 2.24) is 43.4 Å². The maximum atomic E-state index is 14.0. The van der Waals surface area contributed by atoms with Crippen LogP contribution in [-0.2, 0) is 33.7 Å². The molecule has 3 aromatic heterocycles. The number of carbonyl (C=O) groups excluding carboxylic acids is 1. The Bertz CT molecular complexity index is 4760. The van der Waals surface area contributed by atoms with Crippen LogP contribution in [0.3, 0.4) is 0 Å². The Morgan fingerprint density at radius 1 is 0.386 bits per heavy atom. The molecule has 114 heavy (non-hydrogen) atoms. The lowest BCUT2D eigenvalue weighted by atomic mass is 9.68. The van der Waals surface area contributed by atoms with E-state index in [2.05, 4.69) is 45.1 Å². The monoisotopic (exact) mass is 1560 g/mol. The molecule has 26 nitrogen and oxygen atoms in total. The maximum absolute atomic E-state index is 14.0. The number of aliphatic carboxylic acids is 3. The molecule has 610 valence electrons. The van der Waals surface area contributed by atoms with Gasteiger partial charge in [0.25, 0.3) is 22.6 Å². The number of aromatic nitrogens is 6. The minimum atomic E-state index is -1.46. The highest BCUT2D eigenvalue weighted by atomic mass is 16.6. The highest BCUT2D eigenvalue weighted by molar-refractivity contribution is 6.43. The Labute approximate surface area is 665 Å². The third-order valence-electron chi connectivity index (χ3n) is 28.4. The molecule has 6 aromatic rings. The van der Waals surface area contributed by atoms with Crippen molar-refractivity contribution >= 4 is 74.1 Å². The summed E-state index contributed by atoms with van der Waals surface area (Å²) in [4.78, 5) is 126. The first-order valence-electron chi connectivity index (χ1n) is 43.3. The zero-order valence-electron chi connectivity index (χ0n) is 66.5. The van der Waals surface area contributed by atoms with Crippen LogP contribution >= 0.6 is 0 Å². The molecule has 5 N–H and O–H groups in total. The normalized spacial score (nSPS) is 31.8. The van der Waals surface area contributed by atoms with Gasteiger partial charge in [-0.2, -0.15) is 0 Å². The average Bonchev–Trinajstić information content (AvgIpc) is 0.775. The molecule has 9 heterocycles. The van der Waals surface area contributed by atoms with Crippen LogP contribution in [0.1, 0.15) is 268 Å². The predicted molar refractivity (Wildman–Crippen MR) is 434 cm³/mol. The van der Waals surface area contributed by atoms with Crippen LogP contribution < -0.4 is 22.4 Å². The summed E-state index contributed by atoms with van der Waals surface area (Å²) in [5.74, 6) is 0.381. The summed E-state index contributed by atoms with van der Waals surface area (Å²) in [5.41, 5.74) is 5.66. The van der Waals surface area contributed by atoms with E-state index < -0.39 is 58.7 Å². The van der Waals surface area contributed by atoms with E-state index in [1.807, 2.05) is 75.9 Å². The molecule has 12 fully saturated rings. The van der Waals surface area contributed by atoms with Crippen molar-refractivity contribution in [1.29, 1.82) is 0 Å². The number of nitrogens with two attached hydrogens (primary N) is 1. The molecule has 6 aliphatic heterocycles. The minimum absolute atomic E-state index is 0.00910. The number of carboxylic acid groups (broad SMARTS) is 3. The van der Waals surface area contributed by atoms with Gasteiger partial charge in [-0.25, -0.2) is 29.3 Å². The molecule has 12 bridgehead atoms. The van der Waals surface area contributed by atoms with Crippen LogP contribution in [0.5, 0.6) is 0 Å². The lowest BCUT2D eigenvalue weighted by Crippen LogP contribution is -2.58. The number of hydrogen-bond donors (Lipinski definition) is 4. The first kappa shape index (κ1) is 79.1. The van der Waals surface area contributed by atoms with E-state index in [1.165, 1.54) is 161 Å². The highest BCUT2D eigenvalue weighted by Crippen LogP contribution is 2.52. The van der Waals surface area contributed by atoms with Gasteiger partial charge in [0.15, 0.2) is 23.7 Å². The summed E-state index contributed by atoms with van der Waals surface area (Å²) in [5, 5.41) is 40.7. The van der Waals surface area contributed by atoms with Crippen molar-refractivity contribution in [2.75, 3.05) is 13.2 Å². The van der Waals surface area contributed by atoms with Gasteiger partial charge in [-0.1, -0.05) is 129 Å². The molecule has 12 unspecified atom stereocenters. The Morgan fingerprint density at radius 3 is 0.982 bits per heavy atom. The second kappa shape index (κ2) is 34.6. The molecular weight excluding hydrogens is 1450 g/mol. The number of oxime groups is 3. The van der Waals surface area contributed by atoms with E-state index in [9.17, 15) is 48.9 Å². The van der Waals surface area contributed by atoms with Gasteiger partial charge in [0.05, 0.1) is 33.1 Å². The molecule has 3 aromatic carbocycles. The van der Waals surface area contributed by atoms with Crippen LogP contribution in [0.4, 0.5) is 0 Å². The van der Waals surface area contributed by atoms with Gasteiger partial charge in [0.2, 0.25) is 17.1 Å². The summed E-state index contributed by atoms with van der Waals surface area (Å²) in [6, 6.07) is 27.1. The SMILES string of the molecule is CC(C)O/N=C(\C(=O)O)c1nc2ccccc2n(C2CC3CCC(C2)N3C2CC3CCCCC(C3)C2)c1=O.CCO/N=C(\C(=O)O)c1nc2ccccc2n(C2CC3CCC(C2)N3C2CC3CCCCC(C3)C2)c1=O.NC(=O)CO/N=C(\C(=O)O)c1nc2ccccc2n(C2CC3CCCC(C2)N3C2CC3CCCC(C3)C2)c1=O. The van der Waals surface area contributed by atoms with Gasteiger partial charge in [-0.05, 0) is 228 Å². The van der Waals surface area contributed by atoms with Crippen LogP contribution in [-0.4, -0.2) is 173 Å². The number of fused-ring (bicyclic) bond motifs is 15. The summed E-state index contributed by atoms with van der Waals surface area (Å²) in [7, 11) is 0. The minimum Gasteiger partial charge on any atom is -0.476 e. The number of rotatable bonds is 19. The fourth-order valence-electron chi connectivity index (χ4n) is 24.4. The summed E-state index contributed by atoms with van der Waals surface area (Å²) >= 11 is 0. The van der Waals surface area contributed by atoms with E-state index in [0.717, 1.165) is 97.9 Å². The van der Waals surface area contributed by atoms with Gasteiger partial charge in [-0.15, -0.1) is 0 Å². The van der Waals surface area contributed by atoms with Gasteiger partial charge in [-0.3, -0.25) is 33.9 Å². The first-order chi connectivity index (χ1) is 55.3. The second-order valence-electron chi connectivity index (χ2n) is 35.9. The molecule has 6 saturated carbocycles. The quantitative estimate of drug-likeness (QED) is 0.0432. The van der Waals surface area contributed by atoms with Crippen LogP contribution in [0, 0.1) is 35.5 Å². The number of hydrogen-bond acceptors (Lipinski definition) is 19. The molecule has 6 saturated heterocycles. The average molecular weight is 1560 g/mol. The smallest absolute Gasteiger partial charge is 0.360 e. The Morgan fingerprint density at radius 2 is 0.675 bits per heavy atom. The van der Waals surface area contributed by atoms with Gasteiger partial charge >= 0.3 is 17.9 Å². The fraction of sp³-hybridized carbons (Fsp3) is 0.648. The van der Waals surface area contributed by atoms with Crippen molar-refractivity contribution in [2.45, 2.75) is 311 Å². The molecule has 12 atom stereocenters. The first-order valence-corrected chi connectivity index (χ1v) is 43.3. The number of amides is 1. The largest absolute Gasteiger partial charge is 0.476 e. The number of benzene rings is 3. The highest BCUT2D eigenvalue weighted by Gasteiger charge is 2.51.